The van der Waals surface area contributed by atoms with E-state index >= 15 is 0 Å². The van der Waals surface area contributed by atoms with Crippen LogP contribution in [0.25, 0.3) is 0 Å². The second kappa shape index (κ2) is 5.07. The Kier molecular flexibility index (Phi) is 3.68. The zero-order valence-electron chi connectivity index (χ0n) is 9.94. The maximum atomic E-state index is 11.3. The van der Waals surface area contributed by atoms with Gasteiger partial charge in [0.05, 0.1) is 13.1 Å². The van der Waals surface area contributed by atoms with Gasteiger partial charge in [-0.25, -0.2) is 0 Å². The Morgan fingerprint density at radius 2 is 1.94 bits per heavy atom. The number of carbonyl (C=O) groups is 2. The van der Waals surface area contributed by atoms with E-state index in [-0.39, 0.29) is 30.9 Å². The monoisotopic (exact) mass is 311 g/mol. The summed E-state index contributed by atoms with van der Waals surface area (Å²) in [6.45, 7) is 2.28. The van der Waals surface area contributed by atoms with Crippen LogP contribution in [0.3, 0.4) is 0 Å². The summed E-state index contributed by atoms with van der Waals surface area (Å²) in [4.78, 5) is 24.4. The van der Waals surface area contributed by atoms with Crippen LogP contribution in [0.1, 0.15) is 18.5 Å². The van der Waals surface area contributed by atoms with Gasteiger partial charge in [0, 0.05) is 16.2 Å². The number of rotatable bonds is 2. The number of anilines is 1. The first-order valence-corrected chi connectivity index (χ1v) is 6.39. The summed E-state index contributed by atoms with van der Waals surface area (Å²) >= 11 is 3.45. The highest BCUT2D eigenvalue weighted by molar-refractivity contribution is 9.10. The predicted octanol–water partition coefficient (Wildman–Crippen LogP) is 0.932. The van der Waals surface area contributed by atoms with Crippen molar-refractivity contribution in [3.8, 4) is 0 Å². The van der Waals surface area contributed by atoms with Crippen LogP contribution < -0.4 is 16.0 Å². The molecule has 0 radical (unpaired) electrons. The van der Waals surface area contributed by atoms with E-state index in [1.807, 2.05) is 25.1 Å². The minimum Gasteiger partial charge on any atom is -0.353 e. The minimum absolute atomic E-state index is 0.0697. The second-order valence-electron chi connectivity index (χ2n) is 4.32. The number of nitrogens with zero attached hydrogens (tertiary/aromatic N) is 1. The van der Waals surface area contributed by atoms with E-state index in [1.165, 1.54) is 0 Å². The highest BCUT2D eigenvalue weighted by Gasteiger charge is 2.23. The summed E-state index contributed by atoms with van der Waals surface area (Å²) < 4.78 is 0.883. The van der Waals surface area contributed by atoms with Gasteiger partial charge in [-0.2, -0.15) is 0 Å². The van der Waals surface area contributed by atoms with Gasteiger partial charge in [-0.15, -0.1) is 0 Å². The molecule has 0 aromatic heterocycles. The van der Waals surface area contributed by atoms with E-state index in [4.69, 9.17) is 5.73 Å². The maximum Gasteiger partial charge on any atom is 0.246 e. The van der Waals surface area contributed by atoms with Gasteiger partial charge >= 0.3 is 0 Å². The molecule has 1 aliphatic rings. The molecule has 18 heavy (non-hydrogen) atoms. The second-order valence-corrected chi connectivity index (χ2v) is 5.18. The van der Waals surface area contributed by atoms with Crippen LogP contribution in [-0.4, -0.2) is 24.9 Å². The number of piperazine rings is 1. The number of benzene rings is 1. The molecule has 0 saturated carbocycles. The topological polar surface area (TPSA) is 75.4 Å². The van der Waals surface area contributed by atoms with Crippen molar-refractivity contribution >= 4 is 33.4 Å². The molecule has 0 bridgehead atoms. The first kappa shape index (κ1) is 13.0. The summed E-state index contributed by atoms with van der Waals surface area (Å²) in [6, 6.07) is 5.58. The lowest BCUT2D eigenvalue weighted by Gasteiger charge is -2.28. The Balaban J connectivity index is 2.26. The molecule has 1 aromatic rings. The quantitative estimate of drug-likeness (QED) is 0.797. The fourth-order valence-electron chi connectivity index (χ4n) is 1.90. The first-order valence-electron chi connectivity index (χ1n) is 5.60. The SMILES string of the molecule is CC(N)c1ccc(N2CC(=O)NC(=O)C2)cc1Br. The Bertz CT molecular complexity index is 486. The van der Waals surface area contributed by atoms with Crippen molar-refractivity contribution in [3.05, 3.63) is 28.2 Å². The number of nitrogens with one attached hydrogen (secondary N) is 1. The highest BCUT2D eigenvalue weighted by atomic mass is 79.9. The Labute approximate surface area is 113 Å². The molecular weight excluding hydrogens is 298 g/mol. The van der Waals surface area contributed by atoms with Gasteiger partial charge in [-0.05, 0) is 24.6 Å². The maximum absolute atomic E-state index is 11.3. The molecule has 3 N–H and O–H groups in total. The summed E-state index contributed by atoms with van der Waals surface area (Å²) in [7, 11) is 0. The summed E-state index contributed by atoms with van der Waals surface area (Å²) in [5, 5.41) is 2.27. The lowest BCUT2D eigenvalue weighted by Crippen LogP contribution is -2.51. The standard InChI is InChI=1S/C12H14BrN3O2/c1-7(14)9-3-2-8(4-10(9)13)16-5-11(17)15-12(18)6-16/h2-4,7H,5-6,14H2,1H3,(H,15,17,18). The molecule has 1 unspecified atom stereocenters. The molecule has 1 atom stereocenters. The lowest BCUT2D eigenvalue weighted by molar-refractivity contribution is -0.130. The highest BCUT2D eigenvalue weighted by Crippen LogP contribution is 2.27. The number of nitrogens with two attached hydrogens (primary N) is 1. The van der Waals surface area contributed by atoms with E-state index in [1.54, 1.807) is 4.90 Å². The number of imide groups is 1. The van der Waals surface area contributed by atoms with Crippen LogP contribution in [0.5, 0.6) is 0 Å². The Morgan fingerprint density at radius 1 is 1.33 bits per heavy atom. The third-order valence-electron chi connectivity index (χ3n) is 2.79. The largest absolute Gasteiger partial charge is 0.353 e. The molecule has 6 heteroatoms. The van der Waals surface area contributed by atoms with Crippen LogP contribution in [0.15, 0.2) is 22.7 Å². The Hall–Kier alpha value is -1.40. The molecule has 96 valence electrons. The number of carbonyl (C=O) groups excluding carboxylic acids is 2. The molecule has 1 heterocycles. The van der Waals surface area contributed by atoms with E-state index < -0.39 is 0 Å². The van der Waals surface area contributed by atoms with E-state index in [0.717, 1.165) is 15.7 Å². The average molecular weight is 312 g/mol. The lowest BCUT2D eigenvalue weighted by atomic mass is 10.1. The van der Waals surface area contributed by atoms with Crippen molar-refractivity contribution in [2.45, 2.75) is 13.0 Å². The van der Waals surface area contributed by atoms with Crippen LogP contribution in [0, 0.1) is 0 Å². The third kappa shape index (κ3) is 2.70. The van der Waals surface area contributed by atoms with Crippen molar-refractivity contribution in [2.24, 2.45) is 5.73 Å². The molecule has 2 rings (SSSR count). The number of halogens is 1. The minimum atomic E-state index is -0.279. The van der Waals surface area contributed by atoms with Crippen LogP contribution in [0.2, 0.25) is 0 Å². The molecule has 1 fully saturated rings. The van der Waals surface area contributed by atoms with E-state index in [0.29, 0.717) is 0 Å². The van der Waals surface area contributed by atoms with Gasteiger partial charge in [0.15, 0.2) is 0 Å². The molecule has 5 nitrogen and oxygen atoms in total. The smallest absolute Gasteiger partial charge is 0.246 e. The molecule has 2 amide bonds. The average Bonchev–Trinajstić information content (AvgIpc) is 2.26. The summed E-state index contributed by atoms with van der Waals surface area (Å²) in [6.07, 6.45) is 0. The van der Waals surface area contributed by atoms with Crippen molar-refractivity contribution in [1.82, 2.24) is 5.32 Å². The van der Waals surface area contributed by atoms with Crippen LogP contribution in [0.4, 0.5) is 5.69 Å². The normalized spacial score (nSPS) is 17.6. The van der Waals surface area contributed by atoms with Gasteiger partial charge < -0.3 is 10.6 Å². The molecule has 1 saturated heterocycles. The van der Waals surface area contributed by atoms with Gasteiger partial charge in [-0.1, -0.05) is 22.0 Å². The molecule has 0 spiro atoms. The number of hydrogen-bond donors (Lipinski definition) is 2. The third-order valence-corrected chi connectivity index (χ3v) is 3.47. The fraction of sp³-hybridized carbons (Fsp3) is 0.333. The predicted molar refractivity (Wildman–Crippen MR) is 72.1 cm³/mol. The van der Waals surface area contributed by atoms with Crippen LogP contribution in [-0.2, 0) is 9.59 Å². The van der Waals surface area contributed by atoms with Gasteiger partial charge in [-0.3, -0.25) is 14.9 Å². The Morgan fingerprint density at radius 3 is 2.44 bits per heavy atom. The van der Waals surface area contributed by atoms with Crippen molar-refractivity contribution in [2.75, 3.05) is 18.0 Å². The van der Waals surface area contributed by atoms with Crippen molar-refractivity contribution in [3.63, 3.8) is 0 Å². The molecule has 1 aromatic carbocycles. The number of hydrogen-bond acceptors (Lipinski definition) is 4. The van der Waals surface area contributed by atoms with Crippen molar-refractivity contribution in [1.29, 1.82) is 0 Å². The zero-order valence-corrected chi connectivity index (χ0v) is 11.5. The molecular formula is C12H14BrN3O2. The molecule has 1 aliphatic heterocycles. The van der Waals surface area contributed by atoms with Crippen LogP contribution >= 0.6 is 15.9 Å². The number of amides is 2. The van der Waals surface area contributed by atoms with E-state index in [9.17, 15) is 9.59 Å². The summed E-state index contributed by atoms with van der Waals surface area (Å²) in [5.74, 6) is -0.558. The van der Waals surface area contributed by atoms with Gasteiger partial charge in [0.25, 0.3) is 0 Å². The summed E-state index contributed by atoms with van der Waals surface area (Å²) in [5.41, 5.74) is 7.65. The van der Waals surface area contributed by atoms with Gasteiger partial charge in [0.1, 0.15) is 0 Å². The van der Waals surface area contributed by atoms with Gasteiger partial charge in [0.2, 0.25) is 11.8 Å². The first-order chi connectivity index (χ1) is 8.47. The van der Waals surface area contributed by atoms with Crippen molar-refractivity contribution < 1.29 is 9.59 Å². The fourth-order valence-corrected chi connectivity index (χ4v) is 2.63. The zero-order chi connectivity index (χ0) is 13.3. The molecule has 0 aliphatic carbocycles. The van der Waals surface area contributed by atoms with E-state index in [2.05, 4.69) is 21.2 Å².